The molecule has 1 atom stereocenters. The van der Waals surface area contributed by atoms with Gasteiger partial charge in [0.1, 0.15) is 4.76 Å². The Bertz CT molecular complexity index is 447. The molecule has 1 fully saturated rings. The summed E-state index contributed by atoms with van der Waals surface area (Å²) in [4.78, 5) is 23.4. The summed E-state index contributed by atoms with van der Waals surface area (Å²) in [6.45, 7) is 0.555. The Balaban J connectivity index is 1.95. The van der Waals surface area contributed by atoms with Gasteiger partial charge in [0.25, 0.3) is 0 Å². The summed E-state index contributed by atoms with van der Waals surface area (Å²) in [5.41, 5.74) is 0.892. The Hall–Kier alpha value is -1.81. The SMILES string of the molecule is O=C(C=Cc1ccccc1)[N+](=O)C1CCCCO1. The second-order valence-corrected chi connectivity index (χ2v) is 4.23. The highest BCUT2D eigenvalue weighted by molar-refractivity contribution is 5.85. The van der Waals surface area contributed by atoms with E-state index in [9.17, 15) is 9.70 Å². The van der Waals surface area contributed by atoms with Crippen molar-refractivity contribution in [3.05, 3.63) is 46.9 Å². The Morgan fingerprint density at radius 2 is 2.06 bits per heavy atom. The van der Waals surface area contributed by atoms with Gasteiger partial charge in [0, 0.05) is 11.3 Å². The highest BCUT2D eigenvalue weighted by Gasteiger charge is 2.33. The average molecular weight is 246 g/mol. The van der Waals surface area contributed by atoms with E-state index < -0.39 is 12.1 Å². The maximum Gasteiger partial charge on any atom is 0.461 e. The summed E-state index contributed by atoms with van der Waals surface area (Å²) in [5.74, 6) is -0.564. The molecule has 0 aliphatic carbocycles. The van der Waals surface area contributed by atoms with Gasteiger partial charge in [-0.2, -0.15) is 0 Å². The van der Waals surface area contributed by atoms with Gasteiger partial charge in [-0.25, -0.2) is 4.79 Å². The van der Waals surface area contributed by atoms with Crippen LogP contribution in [0.4, 0.5) is 0 Å². The lowest BCUT2D eigenvalue weighted by molar-refractivity contribution is -0.560. The Kier molecular flexibility index (Phi) is 4.36. The van der Waals surface area contributed by atoms with Gasteiger partial charge in [-0.05, 0) is 24.5 Å². The van der Waals surface area contributed by atoms with Gasteiger partial charge >= 0.3 is 12.1 Å². The topological polar surface area (TPSA) is 46.4 Å². The molecular formula is C14H16NO3+. The fraction of sp³-hybridized carbons (Fsp3) is 0.357. The standard InChI is InChI=1S/C14H16NO3/c16-13(10-9-12-6-2-1-3-7-12)15(17)14-8-4-5-11-18-14/h1-3,6-7,9-10,14H,4-5,8,11H2/q+1. The van der Waals surface area contributed by atoms with Crippen molar-refractivity contribution in [3.63, 3.8) is 0 Å². The molecule has 1 saturated heterocycles. The molecule has 0 N–H and O–H groups in total. The number of hydrogen-bond acceptors (Lipinski definition) is 3. The van der Waals surface area contributed by atoms with Crippen molar-refractivity contribution in [2.75, 3.05) is 6.61 Å². The van der Waals surface area contributed by atoms with Crippen LogP contribution in [0.15, 0.2) is 36.4 Å². The molecule has 1 aromatic rings. The van der Waals surface area contributed by atoms with E-state index in [1.165, 1.54) is 6.08 Å². The molecule has 1 aliphatic rings. The number of carbonyl (C=O) groups excluding carboxylic acids is 1. The van der Waals surface area contributed by atoms with Crippen LogP contribution in [0.2, 0.25) is 0 Å². The predicted molar refractivity (Wildman–Crippen MR) is 67.7 cm³/mol. The largest absolute Gasteiger partial charge is 0.461 e. The first-order chi connectivity index (χ1) is 8.77. The summed E-state index contributed by atoms with van der Waals surface area (Å²) in [6.07, 6.45) is 4.81. The van der Waals surface area contributed by atoms with Crippen LogP contribution in [0.25, 0.3) is 6.08 Å². The zero-order valence-electron chi connectivity index (χ0n) is 10.1. The first-order valence-corrected chi connectivity index (χ1v) is 6.12. The maximum absolute atomic E-state index is 11.7. The minimum atomic E-state index is -0.619. The van der Waals surface area contributed by atoms with Gasteiger partial charge in [-0.3, -0.25) is 0 Å². The summed E-state index contributed by atoms with van der Waals surface area (Å²) in [5, 5.41) is 0. The van der Waals surface area contributed by atoms with E-state index in [1.54, 1.807) is 6.08 Å². The van der Waals surface area contributed by atoms with Crippen molar-refractivity contribution >= 4 is 12.0 Å². The Morgan fingerprint density at radius 3 is 2.72 bits per heavy atom. The quantitative estimate of drug-likeness (QED) is 0.608. The lowest BCUT2D eigenvalue weighted by Crippen LogP contribution is -2.33. The fourth-order valence-electron chi connectivity index (χ4n) is 1.86. The van der Waals surface area contributed by atoms with E-state index in [0.717, 1.165) is 18.4 Å². The van der Waals surface area contributed by atoms with Crippen LogP contribution in [0, 0.1) is 4.91 Å². The third-order valence-corrected chi connectivity index (χ3v) is 2.85. The fourth-order valence-corrected chi connectivity index (χ4v) is 1.86. The molecule has 4 heteroatoms. The van der Waals surface area contributed by atoms with Crippen molar-refractivity contribution in [2.24, 2.45) is 0 Å². The lowest BCUT2D eigenvalue weighted by Gasteiger charge is -2.13. The average Bonchev–Trinajstić information content (AvgIpc) is 2.46. The van der Waals surface area contributed by atoms with Gasteiger partial charge in [0.2, 0.25) is 0 Å². The van der Waals surface area contributed by atoms with Crippen molar-refractivity contribution < 1.29 is 14.3 Å². The second kappa shape index (κ2) is 6.21. The van der Waals surface area contributed by atoms with Crippen molar-refractivity contribution in [3.8, 4) is 0 Å². The molecule has 1 amide bonds. The van der Waals surface area contributed by atoms with Gasteiger partial charge in [-0.1, -0.05) is 30.3 Å². The van der Waals surface area contributed by atoms with Crippen LogP contribution in [0.3, 0.4) is 0 Å². The first-order valence-electron chi connectivity index (χ1n) is 6.12. The molecule has 1 aromatic carbocycles. The summed E-state index contributed by atoms with van der Waals surface area (Å²) < 4.78 is 5.70. The Labute approximate surface area is 106 Å². The zero-order chi connectivity index (χ0) is 12.8. The lowest BCUT2D eigenvalue weighted by atomic mass is 10.2. The number of nitroso groups, excluding NO2 is 1. The molecule has 2 rings (SSSR count). The summed E-state index contributed by atoms with van der Waals surface area (Å²) >= 11 is 0. The van der Waals surface area contributed by atoms with E-state index in [4.69, 9.17) is 4.74 Å². The van der Waals surface area contributed by atoms with Crippen LogP contribution >= 0.6 is 0 Å². The van der Waals surface area contributed by atoms with E-state index >= 15 is 0 Å². The molecule has 0 bridgehead atoms. The van der Waals surface area contributed by atoms with Crippen LogP contribution in [0.5, 0.6) is 0 Å². The number of ether oxygens (including phenoxy) is 1. The summed E-state index contributed by atoms with van der Waals surface area (Å²) in [7, 11) is 0. The van der Waals surface area contributed by atoms with Crippen molar-refractivity contribution in [1.29, 1.82) is 0 Å². The highest BCUT2D eigenvalue weighted by Crippen LogP contribution is 2.13. The predicted octanol–water partition coefficient (Wildman–Crippen LogP) is 2.53. The highest BCUT2D eigenvalue weighted by atomic mass is 16.5. The molecule has 18 heavy (non-hydrogen) atoms. The second-order valence-electron chi connectivity index (χ2n) is 4.23. The van der Waals surface area contributed by atoms with Gasteiger partial charge in [-0.15, -0.1) is 0 Å². The van der Waals surface area contributed by atoms with Crippen LogP contribution < -0.4 is 0 Å². The smallest absolute Gasteiger partial charge is 0.318 e. The number of benzene rings is 1. The molecule has 1 heterocycles. The van der Waals surface area contributed by atoms with Crippen LogP contribution in [-0.2, 0) is 9.53 Å². The molecule has 0 radical (unpaired) electrons. The van der Waals surface area contributed by atoms with Crippen molar-refractivity contribution in [1.82, 2.24) is 0 Å². The summed E-state index contributed by atoms with van der Waals surface area (Å²) in [6, 6.07) is 9.40. The third-order valence-electron chi connectivity index (χ3n) is 2.85. The molecule has 94 valence electrons. The monoisotopic (exact) mass is 246 g/mol. The molecule has 1 unspecified atom stereocenters. The molecule has 0 saturated carbocycles. The molecule has 0 spiro atoms. The third kappa shape index (κ3) is 3.34. The van der Waals surface area contributed by atoms with Gasteiger partial charge in [0.15, 0.2) is 0 Å². The zero-order valence-corrected chi connectivity index (χ0v) is 10.1. The molecular weight excluding hydrogens is 230 g/mol. The normalized spacial score (nSPS) is 19.9. The first kappa shape index (κ1) is 12.6. The van der Waals surface area contributed by atoms with E-state index in [-0.39, 0.29) is 0 Å². The molecule has 0 aromatic heterocycles. The number of rotatable bonds is 3. The van der Waals surface area contributed by atoms with Gasteiger partial charge < -0.3 is 4.74 Å². The molecule has 1 aliphatic heterocycles. The number of hydrogen-bond donors (Lipinski definition) is 0. The van der Waals surface area contributed by atoms with Gasteiger partial charge in [0.05, 0.1) is 12.7 Å². The minimum Gasteiger partial charge on any atom is -0.318 e. The number of carbonyl (C=O) groups is 1. The maximum atomic E-state index is 11.7. The van der Waals surface area contributed by atoms with Crippen LogP contribution in [0.1, 0.15) is 24.8 Å². The van der Waals surface area contributed by atoms with Crippen LogP contribution in [-0.4, -0.2) is 23.5 Å². The molecule has 4 nitrogen and oxygen atoms in total. The van der Waals surface area contributed by atoms with Crippen molar-refractivity contribution in [2.45, 2.75) is 25.5 Å². The minimum absolute atomic E-state index is 0.429. The van der Waals surface area contributed by atoms with E-state index in [2.05, 4.69) is 0 Å². The van der Waals surface area contributed by atoms with E-state index in [1.807, 2.05) is 30.3 Å². The van der Waals surface area contributed by atoms with E-state index in [0.29, 0.717) is 17.8 Å². The number of nitrogens with zero attached hydrogens (tertiary/aromatic N) is 1. The Morgan fingerprint density at radius 1 is 1.28 bits per heavy atom. The number of amides is 1.